The molecule has 122 valence electrons. The number of carbonyl (C=O) groups is 1. The molecule has 0 spiro atoms. The number of aryl methyl sites for hydroxylation is 2. The topological polar surface area (TPSA) is 57.8 Å². The Morgan fingerprint density at radius 2 is 1.83 bits per heavy atom. The van der Waals surface area contributed by atoms with E-state index in [4.69, 9.17) is 11.6 Å². The van der Waals surface area contributed by atoms with Crippen LogP contribution in [0.5, 0.6) is 0 Å². The minimum atomic E-state index is -0.166. The second-order valence-electron chi connectivity index (χ2n) is 5.77. The summed E-state index contributed by atoms with van der Waals surface area (Å²) in [5.41, 5.74) is 5.67. The van der Waals surface area contributed by atoms with E-state index in [1.807, 2.05) is 56.3 Å². The number of aromatic amines is 1. The lowest BCUT2D eigenvalue weighted by atomic mass is 10.1. The third-order valence-corrected chi connectivity index (χ3v) is 4.36. The highest BCUT2D eigenvalue weighted by Crippen LogP contribution is 2.21. The van der Waals surface area contributed by atoms with Crippen LogP contribution in [0.2, 0.25) is 5.02 Å². The number of halogens is 1. The van der Waals surface area contributed by atoms with Gasteiger partial charge in [-0.1, -0.05) is 35.9 Å². The maximum Gasteiger partial charge on any atom is 0.253 e. The average Bonchev–Trinajstić information content (AvgIpc) is 3.11. The van der Waals surface area contributed by atoms with Gasteiger partial charge in [0.15, 0.2) is 0 Å². The van der Waals surface area contributed by atoms with Crippen LogP contribution in [-0.4, -0.2) is 16.1 Å². The number of carbonyl (C=O) groups excluding carboxylic acids is 1. The van der Waals surface area contributed by atoms with Gasteiger partial charge in [-0.2, -0.15) is 5.10 Å². The smallest absolute Gasteiger partial charge is 0.253 e. The molecule has 0 bridgehead atoms. The van der Waals surface area contributed by atoms with Gasteiger partial charge in [0.25, 0.3) is 5.91 Å². The molecule has 0 saturated heterocycles. The van der Waals surface area contributed by atoms with E-state index in [1.54, 1.807) is 6.20 Å². The molecule has 0 aliphatic rings. The Bertz CT molecular complexity index is 855. The molecule has 1 heterocycles. The van der Waals surface area contributed by atoms with Crippen LogP contribution < -0.4 is 5.32 Å². The summed E-state index contributed by atoms with van der Waals surface area (Å²) in [6.07, 6.45) is 1.72. The van der Waals surface area contributed by atoms with Gasteiger partial charge in [0.2, 0.25) is 0 Å². The molecule has 0 aliphatic heterocycles. The van der Waals surface area contributed by atoms with Crippen molar-refractivity contribution >= 4 is 17.5 Å². The Morgan fingerprint density at radius 3 is 2.50 bits per heavy atom. The molecule has 0 unspecified atom stereocenters. The van der Waals surface area contributed by atoms with Crippen LogP contribution in [0.25, 0.3) is 11.3 Å². The van der Waals surface area contributed by atoms with Crippen molar-refractivity contribution in [2.45, 2.75) is 20.4 Å². The molecule has 1 amide bonds. The highest BCUT2D eigenvalue weighted by Gasteiger charge is 2.11. The second-order valence-corrected chi connectivity index (χ2v) is 6.17. The molecule has 3 aromatic rings. The number of aromatic nitrogens is 2. The van der Waals surface area contributed by atoms with E-state index in [9.17, 15) is 4.79 Å². The highest BCUT2D eigenvalue weighted by atomic mass is 35.5. The number of amides is 1. The fourth-order valence-electron chi connectivity index (χ4n) is 2.45. The molecule has 1 aromatic heterocycles. The normalized spacial score (nSPS) is 10.6. The summed E-state index contributed by atoms with van der Waals surface area (Å²) in [4.78, 5) is 12.3. The van der Waals surface area contributed by atoms with Crippen LogP contribution in [0.3, 0.4) is 0 Å². The SMILES string of the molecule is Cc1cc(Cl)c(C(=O)NCc2ccc(-c3ccn[nH]3)cc2)cc1C. The molecule has 4 nitrogen and oxygen atoms in total. The molecule has 5 heteroatoms. The molecular formula is C19H18ClN3O. The zero-order valence-electron chi connectivity index (χ0n) is 13.6. The summed E-state index contributed by atoms with van der Waals surface area (Å²) in [5.74, 6) is -0.166. The molecule has 0 atom stereocenters. The second kappa shape index (κ2) is 6.89. The van der Waals surface area contributed by atoms with Crippen LogP contribution in [0.15, 0.2) is 48.7 Å². The molecule has 3 rings (SSSR count). The van der Waals surface area contributed by atoms with E-state index in [0.717, 1.165) is 27.9 Å². The average molecular weight is 340 g/mol. The zero-order chi connectivity index (χ0) is 17.1. The molecule has 2 aromatic carbocycles. The summed E-state index contributed by atoms with van der Waals surface area (Å²) >= 11 is 6.19. The van der Waals surface area contributed by atoms with Crippen molar-refractivity contribution in [3.63, 3.8) is 0 Å². The fraction of sp³-hybridized carbons (Fsp3) is 0.158. The summed E-state index contributed by atoms with van der Waals surface area (Å²) in [5, 5.41) is 10.3. The Morgan fingerprint density at radius 1 is 1.12 bits per heavy atom. The van der Waals surface area contributed by atoms with Crippen molar-refractivity contribution in [2.75, 3.05) is 0 Å². The van der Waals surface area contributed by atoms with Crippen molar-refractivity contribution in [2.24, 2.45) is 0 Å². The Kier molecular flexibility index (Phi) is 4.67. The van der Waals surface area contributed by atoms with Gasteiger partial charge in [-0.25, -0.2) is 0 Å². The van der Waals surface area contributed by atoms with E-state index in [1.165, 1.54) is 0 Å². The van der Waals surface area contributed by atoms with Gasteiger partial charge < -0.3 is 5.32 Å². The van der Waals surface area contributed by atoms with Crippen molar-refractivity contribution in [3.8, 4) is 11.3 Å². The third kappa shape index (κ3) is 3.49. The Labute approximate surface area is 145 Å². The van der Waals surface area contributed by atoms with Crippen LogP contribution >= 0.6 is 11.6 Å². The number of nitrogens with one attached hydrogen (secondary N) is 2. The van der Waals surface area contributed by atoms with Gasteiger partial charge in [-0.05, 0) is 54.3 Å². The lowest BCUT2D eigenvalue weighted by molar-refractivity contribution is 0.0951. The van der Waals surface area contributed by atoms with Crippen LogP contribution in [0.1, 0.15) is 27.0 Å². The maximum absolute atomic E-state index is 12.3. The zero-order valence-corrected chi connectivity index (χ0v) is 14.3. The van der Waals surface area contributed by atoms with Gasteiger partial charge in [0.05, 0.1) is 16.3 Å². The summed E-state index contributed by atoms with van der Waals surface area (Å²) in [6, 6.07) is 13.5. The van der Waals surface area contributed by atoms with Gasteiger partial charge >= 0.3 is 0 Å². The molecule has 0 radical (unpaired) electrons. The predicted molar refractivity (Wildman–Crippen MR) is 96.1 cm³/mol. The maximum atomic E-state index is 12.3. The Hall–Kier alpha value is -2.59. The van der Waals surface area contributed by atoms with E-state index < -0.39 is 0 Å². The third-order valence-electron chi connectivity index (χ3n) is 4.05. The van der Waals surface area contributed by atoms with Crippen LogP contribution in [0, 0.1) is 13.8 Å². The molecule has 2 N–H and O–H groups in total. The van der Waals surface area contributed by atoms with E-state index in [0.29, 0.717) is 17.1 Å². The number of nitrogens with zero attached hydrogens (tertiary/aromatic N) is 1. The van der Waals surface area contributed by atoms with Gasteiger partial charge in [-0.3, -0.25) is 9.89 Å². The molecule has 0 aliphatic carbocycles. The number of benzene rings is 2. The standard InChI is InChI=1S/C19H18ClN3O/c1-12-9-16(17(20)10-13(12)2)19(24)21-11-14-3-5-15(6-4-14)18-7-8-22-23-18/h3-10H,11H2,1-2H3,(H,21,24)(H,22,23). The van der Waals surface area contributed by atoms with E-state index in [2.05, 4.69) is 15.5 Å². The molecule has 0 fully saturated rings. The largest absolute Gasteiger partial charge is 0.348 e. The minimum Gasteiger partial charge on any atom is -0.348 e. The molecule has 24 heavy (non-hydrogen) atoms. The van der Waals surface area contributed by atoms with Crippen LogP contribution in [-0.2, 0) is 6.54 Å². The highest BCUT2D eigenvalue weighted by molar-refractivity contribution is 6.34. The minimum absolute atomic E-state index is 0.166. The predicted octanol–water partition coefficient (Wildman–Crippen LogP) is 4.28. The first kappa shape index (κ1) is 16.3. The summed E-state index contributed by atoms with van der Waals surface area (Å²) in [6.45, 7) is 4.39. The van der Waals surface area contributed by atoms with Gasteiger partial charge in [-0.15, -0.1) is 0 Å². The number of H-pyrrole nitrogens is 1. The summed E-state index contributed by atoms with van der Waals surface area (Å²) in [7, 11) is 0. The number of hydrogen-bond donors (Lipinski definition) is 2. The summed E-state index contributed by atoms with van der Waals surface area (Å²) < 4.78 is 0. The fourth-order valence-corrected chi connectivity index (χ4v) is 2.76. The van der Waals surface area contributed by atoms with Crippen molar-refractivity contribution < 1.29 is 4.79 Å². The lowest BCUT2D eigenvalue weighted by Crippen LogP contribution is -2.23. The Balaban J connectivity index is 1.67. The van der Waals surface area contributed by atoms with E-state index >= 15 is 0 Å². The first-order valence-electron chi connectivity index (χ1n) is 7.68. The van der Waals surface area contributed by atoms with Gasteiger partial charge in [0, 0.05) is 12.7 Å². The van der Waals surface area contributed by atoms with Crippen molar-refractivity contribution in [3.05, 3.63) is 75.9 Å². The van der Waals surface area contributed by atoms with Crippen LogP contribution in [0.4, 0.5) is 0 Å². The molecular weight excluding hydrogens is 322 g/mol. The monoisotopic (exact) mass is 339 g/mol. The van der Waals surface area contributed by atoms with E-state index in [-0.39, 0.29) is 5.91 Å². The molecule has 0 saturated carbocycles. The first-order chi connectivity index (χ1) is 11.5. The number of hydrogen-bond acceptors (Lipinski definition) is 2. The van der Waals surface area contributed by atoms with Crippen molar-refractivity contribution in [1.29, 1.82) is 0 Å². The first-order valence-corrected chi connectivity index (χ1v) is 8.06. The number of rotatable bonds is 4. The lowest BCUT2D eigenvalue weighted by Gasteiger charge is -2.10. The quantitative estimate of drug-likeness (QED) is 0.745. The van der Waals surface area contributed by atoms with Gasteiger partial charge in [0.1, 0.15) is 0 Å². The van der Waals surface area contributed by atoms with Crippen molar-refractivity contribution in [1.82, 2.24) is 15.5 Å².